The van der Waals surface area contributed by atoms with Gasteiger partial charge in [-0.05, 0) is 294 Å². The first-order valence-electron chi connectivity index (χ1n) is 42.9. The molecule has 0 N–H and O–H groups in total. The van der Waals surface area contributed by atoms with Gasteiger partial charge in [0.1, 0.15) is 0 Å². The molecule has 0 spiro atoms. The maximum Gasteiger partial charge on any atom is -0.00442 e. The molecule has 0 aromatic heterocycles. The first kappa shape index (κ1) is 88.4. The van der Waals surface area contributed by atoms with Crippen molar-refractivity contribution in [1.82, 2.24) is 0 Å². The van der Waals surface area contributed by atoms with Gasteiger partial charge in [-0.2, -0.15) is 0 Å². The van der Waals surface area contributed by atoms with Crippen molar-refractivity contribution >= 4 is 0 Å². The highest BCUT2D eigenvalue weighted by molar-refractivity contribution is 5.42. The summed E-state index contributed by atoms with van der Waals surface area (Å²) < 4.78 is 0. The van der Waals surface area contributed by atoms with E-state index in [0.717, 1.165) is 166 Å². The van der Waals surface area contributed by atoms with E-state index in [1.165, 1.54) is 115 Å². The van der Waals surface area contributed by atoms with Gasteiger partial charge in [0.15, 0.2) is 0 Å². The molecule has 0 saturated heterocycles. The van der Waals surface area contributed by atoms with Crippen molar-refractivity contribution in [3.05, 3.63) is 34.9 Å². The number of aryl methyl sites for hydroxylation is 1. The molecule has 10 rings (SSSR count). The fraction of sp³-hybridized carbons (Fsp3) is 0.937. The van der Waals surface area contributed by atoms with Gasteiger partial charge >= 0.3 is 0 Å². The molecule has 0 radical (unpaired) electrons. The van der Waals surface area contributed by atoms with Gasteiger partial charge < -0.3 is 0 Å². The van der Waals surface area contributed by atoms with Crippen LogP contribution < -0.4 is 0 Å². The molecule has 9 aliphatic rings. The van der Waals surface area contributed by atoms with E-state index in [0.29, 0.717) is 33.0 Å². The van der Waals surface area contributed by atoms with Gasteiger partial charge in [0.05, 0.1) is 0 Å². The van der Waals surface area contributed by atoms with Crippen molar-refractivity contribution in [2.24, 2.45) is 187 Å². The van der Waals surface area contributed by atoms with Crippen LogP contribution in [0.3, 0.4) is 0 Å². The zero-order valence-corrected chi connectivity index (χ0v) is 72.5. The van der Waals surface area contributed by atoms with E-state index in [1.54, 1.807) is 11.1 Å². The van der Waals surface area contributed by atoms with E-state index in [9.17, 15) is 0 Å². The highest BCUT2D eigenvalue weighted by Crippen LogP contribution is 2.77. The molecule has 95 heavy (non-hydrogen) atoms. The Hall–Kier alpha value is -0.780. The lowest BCUT2D eigenvalue weighted by atomic mass is 9.28. The van der Waals surface area contributed by atoms with Crippen LogP contribution in [0.4, 0.5) is 0 Å². The molecule has 0 nitrogen and oxygen atoms in total. The Morgan fingerprint density at radius 2 is 0.632 bits per heavy atom. The summed E-state index contributed by atoms with van der Waals surface area (Å²) in [6, 6.07) is 7.12. The van der Waals surface area contributed by atoms with Gasteiger partial charge in [-0.1, -0.05) is 312 Å². The van der Waals surface area contributed by atoms with Gasteiger partial charge in [-0.25, -0.2) is 0 Å². The Balaban J connectivity index is 0.000000286. The summed E-state index contributed by atoms with van der Waals surface area (Å²) >= 11 is 0. The van der Waals surface area contributed by atoms with Crippen molar-refractivity contribution in [3.8, 4) is 0 Å². The summed E-state index contributed by atoms with van der Waals surface area (Å²) in [5.74, 6) is 28.0. The minimum Gasteiger partial charge on any atom is -0.0651 e. The largest absolute Gasteiger partial charge is 0.0651 e. The van der Waals surface area contributed by atoms with Crippen molar-refractivity contribution in [2.45, 2.75) is 384 Å². The van der Waals surface area contributed by atoms with E-state index in [4.69, 9.17) is 0 Å². The first-order chi connectivity index (χ1) is 43.8. The Morgan fingerprint density at radius 1 is 0.347 bits per heavy atom. The molecule has 1 aromatic carbocycles. The molecule has 0 aliphatic heterocycles. The molecule has 26 unspecified atom stereocenters. The van der Waals surface area contributed by atoms with Crippen LogP contribution in [0.1, 0.15) is 388 Å². The fourth-order valence-corrected chi connectivity index (χ4v) is 23.7. The number of rotatable bonds is 8. The summed E-state index contributed by atoms with van der Waals surface area (Å²) in [6.45, 7) is 91.1. The number of fused-ring (bicyclic) bond motifs is 2. The minimum atomic E-state index is 0.365. The standard InChI is InChI=1S/C18H28.C14H28.C12H22.C12H24.3C10H20.C9H18/c1-7-14(4)18(6)11-13(3)15(5)16-10-12(2)8-9-17(16)18;1-5-11(3)13-7-9-14(10-8-13)12(4)6-2;1-7-5-8(2)12-10(4)6-9(3)11(7)12;1-9(2)10(3,4)12(7,8)11(9,5)6;1-7-5-9(3)10(4)6-8(7)2;2*1-5-10-8(3)6-7(2)9(10)4;1-6-5-7(2)9(4)8(6)3/h8-10,13-15H,7,11H2,1-6H3;11-14H,5-10H2,1-4H3;7-12H,5-6H2,1-4H3;1-8H3;3*7-10H,5-6H2,1-4H3;6-9H,5H2,1-4H3. The topological polar surface area (TPSA) is 0 Å². The molecule has 8 fully saturated rings. The number of benzene rings is 1. The van der Waals surface area contributed by atoms with Gasteiger partial charge in [-0.15, -0.1) is 0 Å². The molecule has 0 bridgehead atoms. The second-order valence-electron chi connectivity index (χ2n) is 40.8. The third-order valence-corrected chi connectivity index (χ3v) is 35.0. The Kier molecular flexibility index (Phi) is 35.0. The lowest BCUT2D eigenvalue weighted by Gasteiger charge is -2.76. The van der Waals surface area contributed by atoms with E-state index >= 15 is 0 Å². The molecule has 8 saturated carbocycles. The predicted octanol–water partition coefficient (Wildman–Crippen LogP) is 30.9. The summed E-state index contributed by atoms with van der Waals surface area (Å²) in [5.41, 5.74) is 6.79. The van der Waals surface area contributed by atoms with E-state index in [2.05, 4.69) is 281 Å². The molecule has 560 valence electrons. The smallest absolute Gasteiger partial charge is 0.00442 e. The zero-order valence-electron chi connectivity index (χ0n) is 72.5. The second-order valence-corrected chi connectivity index (χ2v) is 40.8. The quantitative estimate of drug-likeness (QED) is 0.243. The maximum atomic E-state index is 2.48. The Labute approximate surface area is 602 Å². The SMILES string of the molecule is CC1(C)C(C)(C)C(C)(C)C1(C)C.CC1CC(C)C(C)C1C.CC1CC(C)C(C)CC1C.CC1CC(C)C2C(C)CC(C)C12.CCC(C)C1(C)CC(C)C(C)c2cc(C)ccc21.CCC(C)C1CCC(C(C)CC)CC1.CCC1C(C)CC(C)C1C.CCC1C(C)CC(C)C1C. The molecule has 9 aliphatic carbocycles. The van der Waals surface area contributed by atoms with Crippen LogP contribution in [0.15, 0.2) is 18.2 Å². The van der Waals surface area contributed by atoms with Crippen LogP contribution in [0.2, 0.25) is 0 Å². The van der Waals surface area contributed by atoms with E-state index in [-0.39, 0.29) is 0 Å². The number of hydrogen-bond acceptors (Lipinski definition) is 0. The monoisotopic (exact) mass is 1320 g/mol. The minimum absolute atomic E-state index is 0.365. The zero-order chi connectivity index (χ0) is 73.1. The highest BCUT2D eigenvalue weighted by Gasteiger charge is 2.71. The molecular weight excluding hydrogens is 1140 g/mol. The first-order valence-corrected chi connectivity index (χ1v) is 42.9. The summed E-state index contributed by atoms with van der Waals surface area (Å²) in [6.07, 6.45) is 24.4. The Bertz CT molecular complexity index is 2100. The van der Waals surface area contributed by atoms with E-state index in [1.807, 2.05) is 0 Å². The fourth-order valence-electron chi connectivity index (χ4n) is 23.7. The highest BCUT2D eigenvalue weighted by atomic mass is 14.8. The van der Waals surface area contributed by atoms with Crippen molar-refractivity contribution in [3.63, 3.8) is 0 Å². The normalized spacial score (nSPS) is 43.0. The third kappa shape index (κ3) is 20.8. The maximum absolute atomic E-state index is 2.48. The molecular formula is C95H180. The molecule has 0 heteroatoms. The van der Waals surface area contributed by atoms with E-state index < -0.39 is 0 Å². The van der Waals surface area contributed by atoms with Gasteiger partial charge in [0, 0.05) is 0 Å². The molecule has 0 heterocycles. The summed E-state index contributed by atoms with van der Waals surface area (Å²) in [5, 5.41) is 0. The lowest BCUT2D eigenvalue weighted by molar-refractivity contribution is -0.283. The van der Waals surface area contributed by atoms with Crippen LogP contribution in [-0.4, -0.2) is 0 Å². The number of hydrogen-bond donors (Lipinski definition) is 0. The molecule has 26 atom stereocenters. The van der Waals surface area contributed by atoms with Gasteiger partial charge in [-0.3, -0.25) is 0 Å². The Morgan fingerprint density at radius 3 is 0.874 bits per heavy atom. The van der Waals surface area contributed by atoms with Crippen LogP contribution in [0.5, 0.6) is 0 Å². The van der Waals surface area contributed by atoms with Crippen LogP contribution in [-0.2, 0) is 5.41 Å². The van der Waals surface area contributed by atoms with Crippen molar-refractivity contribution in [1.29, 1.82) is 0 Å². The predicted molar refractivity (Wildman–Crippen MR) is 431 cm³/mol. The van der Waals surface area contributed by atoms with Crippen molar-refractivity contribution in [2.75, 3.05) is 0 Å². The van der Waals surface area contributed by atoms with Gasteiger partial charge in [0.2, 0.25) is 0 Å². The molecule has 1 aromatic rings. The van der Waals surface area contributed by atoms with Crippen LogP contribution in [0.25, 0.3) is 0 Å². The van der Waals surface area contributed by atoms with Crippen LogP contribution in [0, 0.1) is 194 Å². The third-order valence-electron chi connectivity index (χ3n) is 35.0. The summed E-state index contributed by atoms with van der Waals surface area (Å²) in [7, 11) is 0. The molecule has 0 amide bonds. The van der Waals surface area contributed by atoms with Crippen LogP contribution >= 0.6 is 0 Å². The lowest BCUT2D eigenvalue weighted by Crippen LogP contribution is -2.70. The average molecular weight is 1320 g/mol. The van der Waals surface area contributed by atoms with Gasteiger partial charge in [0.25, 0.3) is 0 Å². The summed E-state index contributed by atoms with van der Waals surface area (Å²) in [4.78, 5) is 0. The second kappa shape index (κ2) is 37.6. The van der Waals surface area contributed by atoms with Crippen molar-refractivity contribution < 1.29 is 0 Å². The average Bonchev–Trinajstić information content (AvgIpc) is 1.17.